The largest absolute Gasteiger partial charge is 0.493 e. The van der Waals surface area contributed by atoms with E-state index in [-0.39, 0.29) is 12.5 Å². The van der Waals surface area contributed by atoms with Crippen LogP contribution in [0, 0.1) is 5.92 Å². The minimum absolute atomic E-state index is 0.162. The van der Waals surface area contributed by atoms with Crippen molar-refractivity contribution in [2.75, 3.05) is 19.8 Å². The van der Waals surface area contributed by atoms with Crippen molar-refractivity contribution in [3.63, 3.8) is 0 Å². The molecule has 0 amide bonds. The van der Waals surface area contributed by atoms with E-state index in [0.717, 1.165) is 18.8 Å². The predicted octanol–water partition coefficient (Wildman–Crippen LogP) is 1.12. The summed E-state index contributed by atoms with van der Waals surface area (Å²) in [6.07, 6.45) is 0.907. The Labute approximate surface area is 89.9 Å². The summed E-state index contributed by atoms with van der Waals surface area (Å²) in [7, 11) is 0. The van der Waals surface area contributed by atoms with E-state index < -0.39 is 0 Å². The maximum atomic E-state index is 9.11. The monoisotopic (exact) mass is 207 g/mol. The second-order valence-corrected chi connectivity index (χ2v) is 4.07. The van der Waals surface area contributed by atoms with Crippen molar-refractivity contribution in [1.29, 1.82) is 0 Å². The number of fused-ring (bicyclic) bond motifs is 1. The van der Waals surface area contributed by atoms with Crippen LogP contribution in [-0.4, -0.2) is 24.9 Å². The van der Waals surface area contributed by atoms with Gasteiger partial charge in [0.05, 0.1) is 6.61 Å². The molecule has 3 N–H and O–H groups in total. The van der Waals surface area contributed by atoms with Gasteiger partial charge in [-0.05, 0) is 24.9 Å². The summed E-state index contributed by atoms with van der Waals surface area (Å²) in [6.45, 7) is 1.42. The lowest BCUT2D eigenvalue weighted by atomic mass is 9.91. The molecule has 1 heterocycles. The third-order valence-corrected chi connectivity index (χ3v) is 3.01. The minimum atomic E-state index is 0.162. The van der Waals surface area contributed by atoms with E-state index >= 15 is 0 Å². The molecule has 82 valence electrons. The summed E-state index contributed by atoms with van der Waals surface area (Å²) in [4.78, 5) is 0. The molecule has 0 saturated carbocycles. The number of benzene rings is 1. The third-order valence-electron chi connectivity index (χ3n) is 3.01. The van der Waals surface area contributed by atoms with E-state index in [1.54, 1.807) is 0 Å². The number of aliphatic hydroxyl groups is 1. The van der Waals surface area contributed by atoms with Crippen LogP contribution in [-0.2, 0) is 0 Å². The molecule has 0 radical (unpaired) electrons. The Balaban J connectivity index is 2.07. The Morgan fingerprint density at radius 2 is 2.27 bits per heavy atom. The molecule has 2 atom stereocenters. The van der Waals surface area contributed by atoms with Crippen LogP contribution in [0.25, 0.3) is 0 Å². The van der Waals surface area contributed by atoms with E-state index in [0.29, 0.717) is 12.5 Å². The lowest BCUT2D eigenvalue weighted by molar-refractivity contribution is 0.208. The zero-order valence-electron chi connectivity index (χ0n) is 8.73. The molecule has 0 fully saturated rings. The highest BCUT2D eigenvalue weighted by atomic mass is 16.5. The molecule has 1 aromatic carbocycles. The number of nitrogens with two attached hydrogens (primary N) is 1. The van der Waals surface area contributed by atoms with E-state index in [9.17, 15) is 0 Å². The topological polar surface area (TPSA) is 55.5 Å². The van der Waals surface area contributed by atoms with Crippen LogP contribution >= 0.6 is 0 Å². The van der Waals surface area contributed by atoms with Gasteiger partial charge in [0, 0.05) is 18.1 Å². The number of hydrogen-bond donors (Lipinski definition) is 2. The highest BCUT2D eigenvalue weighted by molar-refractivity contribution is 5.39. The molecule has 15 heavy (non-hydrogen) atoms. The lowest BCUT2D eigenvalue weighted by Crippen LogP contribution is -2.21. The first-order valence-corrected chi connectivity index (χ1v) is 5.37. The third kappa shape index (κ3) is 2.13. The quantitative estimate of drug-likeness (QED) is 0.778. The van der Waals surface area contributed by atoms with Crippen molar-refractivity contribution in [2.45, 2.75) is 12.3 Å². The van der Waals surface area contributed by atoms with Crippen molar-refractivity contribution >= 4 is 0 Å². The zero-order valence-corrected chi connectivity index (χ0v) is 8.73. The maximum absolute atomic E-state index is 9.11. The average Bonchev–Trinajstić information content (AvgIpc) is 2.69. The van der Waals surface area contributed by atoms with Crippen LogP contribution < -0.4 is 10.5 Å². The Morgan fingerprint density at radius 3 is 3.00 bits per heavy atom. The molecule has 2 rings (SSSR count). The predicted molar refractivity (Wildman–Crippen MR) is 58.9 cm³/mol. The first-order valence-electron chi connectivity index (χ1n) is 5.37. The van der Waals surface area contributed by atoms with Gasteiger partial charge in [0.25, 0.3) is 0 Å². The summed E-state index contributed by atoms with van der Waals surface area (Å²) in [5.74, 6) is 1.56. The number of ether oxygens (including phenoxy) is 1. The van der Waals surface area contributed by atoms with Gasteiger partial charge in [-0.1, -0.05) is 18.2 Å². The second-order valence-electron chi connectivity index (χ2n) is 4.07. The van der Waals surface area contributed by atoms with Crippen molar-refractivity contribution < 1.29 is 9.84 Å². The van der Waals surface area contributed by atoms with Gasteiger partial charge in [0.15, 0.2) is 0 Å². The minimum Gasteiger partial charge on any atom is -0.493 e. The molecule has 2 unspecified atom stereocenters. The zero-order chi connectivity index (χ0) is 10.7. The number of hydrogen-bond acceptors (Lipinski definition) is 3. The molecule has 0 bridgehead atoms. The van der Waals surface area contributed by atoms with Crippen LogP contribution in [0.1, 0.15) is 17.9 Å². The lowest BCUT2D eigenvalue weighted by Gasteiger charge is -2.15. The molecule has 1 aromatic rings. The van der Waals surface area contributed by atoms with Crippen LogP contribution in [0.2, 0.25) is 0 Å². The van der Waals surface area contributed by atoms with Crippen molar-refractivity contribution in [1.82, 2.24) is 0 Å². The molecular formula is C12H17NO2. The fourth-order valence-corrected chi connectivity index (χ4v) is 2.07. The molecule has 0 aliphatic carbocycles. The van der Waals surface area contributed by atoms with E-state index in [1.807, 2.05) is 18.2 Å². The molecule has 0 aromatic heterocycles. The Bertz CT molecular complexity index is 323. The SMILES string of the molecule is NCC(CO)CC1COc2ccccc21. The maximum Gasteiger partial charge on any atom is 0.122 e. The number of aliphatic hydroxyl groups excluding tert-OH is 1. The Kier molecular flexibility index (Phi) is 3.23. The molecular weight excluding hydrogens is 190 g/mol. The molecule has 1 aliphatic rings. The highest BCUT2D eigenvalue weighted by Gasteiger charge is 2.25. The van der Waals surface area contributed by atoms with Crippen LogP contribution in [0.5, 0.6) is 5.75 Å². The molecule has 3 heteroatoms. The first-order chi connectivity index (χ1) is 7.35. The summed E-state index contributed by atoms with van der Waals surface area (Å²) < 4.78 is 5.58. The van der Waals surface area contributed by atoms with Crippen molar-refractivity contribution in [3.05, 3.63) is 29.8 Å². The summed E-state index contributed by atoms with van der Waals surface area (Å²) in [5, 5.41) is 9.11. The number of para-hydroxylation sites is 1. The van der Waals surface area contributed by atoms with E-state index in [2.05, 4.69) is 6.07 Å². The fraction of sp³-hybridized carbons (Fsp3) is 0.500. The van der Waals surface area contributed by atoms with Gasteiger partial charge in [-0.15, -0.1) is 0 Å². The summed E-state index contributed by atoms with van der Waals surface area (Å²) in [5.41, 5.74) is 6.83. The van der Waals surface area contributed by atoms with Gasteiger partial charge in [-0.3, -0.25) is 0 Å². The van der Waals surface area contributed by atoms with Gasteiger partial charge in [-0.25, -0.2) is 0 Å². The van der Waals surface area contributed by atoms with Crippen LogP contribution in [0.4, 0.5) is 0 Å². The normalized spacial score (nSPS) is 20.8. The summed E-state index contributed by atoms with van der Waals surface area (Å²) in [6, 6.07) is 8.09. The van der Waals surface area contributed by atoms with Crippen molar-refractivity contribution in [3.8, 4) is 5.75 Å². The standard InChI is InChI=1S/C12H17NO2/c13-6-9(7-14)5-10-8-15-12-4-2-1-3-11(10)12/h1-4,9-10,14H,5-8,13H2. The van der Waals surface area contributed by atoms with Gasteiger partial charge < -0.3 is 15.6 Å². The molecule has 0 saturated heterocycles. The van der Waals surface area contributed by atoms with Gasteiger partial charge in [0.1, 0.15) is 5.75 Å². The highest BCUT2D eigenvalue weighted by Crippen LogP contribution is 2.36. The smallest absolute Gasteiger partial charge is 0.122 e. The number of rotatable bonds is 4. The summed E-state index contributed by atoms with van der Waals surface area (Å²) >= 11 is 0. The van der Waals surface area contributed by atoms with Gasteiger partial charge in [0.2, 0.25) is 0 Å². The Hall–Kier alpha value is -1.06. The molecule has 0 spiro atoms. The van der Waals surface area contributed by atoms with E-state index in [4.69, 9.17) is 15.6 Å². The second kappa shape index (κ2) is 4.64. The fourth-order valence-electron chi connectivity index (χ4n) is 2.07. The van der Waals surface area contributed by atoms with Gasteiger partial charge in [-0.2, -0.15) is 0 Å². The van der Waals surface area contributed by atoms with Gasteiger partial charge >= 0.3 is 0 Å². The molecule has 3 nitrogen and oxygen atoms in total. The van der Waals surface area contributed by atoms with Crippen molar-refractivity contribution in [2.24, 2.45) is 11.7 Å². The first kappa shape index (κ1) is 10.5. The molecule has 1 aliphatic heterocycles. The average molecular weight is 207 g/mol. The van der Waals surface area contributed by atoms with Crippen LogP contribution in [0.15, 0.2) is 24.3 Å². The Morgan fingerprint density at radius 1 is 1.47 bits per heavy atom. The van der Waals surface area contributed by atoms with Crippen LogP contribution in [0.3, 0.4) is 0 Å². The van der Waals surface area contributed by atoms with E-state index in [1.165, 1.54) is 5.56 Å².